The number of halogens is 1. The number of hydrogen-bond donors (Lipinski definition) is 1. The van der Waals surface area contributed by atoms with Crippen molar-refractivity contribution in [2.45, 2.75) is 29.7 Å². The molecule has 1 heterocycles. The highest BCUT2D eigenvalue weighted by molar-refractivity contribution is 7.99. The summed E-state index contributed by atoms with van der Waals surface area (Å²) in [4.78, 5) is 9.52. The minimum Gasteiger partial charge on any atom is -0.384 e. The molecule has 0 saturated carbocycles. The molecule has 0 spiro atoms. The molecule has 0 aliphatic heterocycles. The maximum Gasteiger partial charge on any atom is 0.132 e. The molecule has 0 saturated heterocycles. The van der Waals surface area contributed by atoms with Crippen molar-refractivity contribution in [3.8, 4) is 0 Å². The topological polar surface area (TPSA) is 51.8 Å². The van der Waals surface area contributed by atoms with Crippen LogP contribution in [0, 0.1) is 5.82 Å². The molecule has 0 radical (unpaired) electrons. The molecule has 2 rings (SSSR count). The van der Waals surface area contributed by atoms with Crippen LogP contribution in [0.4, 0.5) is 10.2 Å². The molecule has 1 aromatic carbocycles. The van der Waals surface area contributed by atoms with E-state index in [2.05, 4.69) is 16.9 Å². The third-order valence-corrected chi connectivity index (χ3v) is 3.20. The Hall–Kier alpha value is -1.62. The van der Waals surface area contributed by atoms with Crippen LogP contribution in [0.3, 0.4) is 0 Å². The molecule has 0 aliphatic carbocycles. The van der Waals surface area contributed by atoms with Crippen LogP contribution in [-0.4, -0.2) is 9.97 Å². The average Bonchev–Trinajstić information content (AvgIpc) is 2.32. The van der Waals surface area contributed by atoms with Crippen molar-refractivity contribution < 1.29 is 4.39 Å². The molecule has 0 amide bonds. The van der Waals surface area contributed by atoms with Crippen molar-refractivity contribution in [2.24, 2.45) is 0 Å². The summed E-state index contributed by atoms with van der Waals surface area (Å²) in [5.74, 6) is 0.980. The number of nitrogen functional groups attached to an aromatic ring is 1. The number of rotatable bonds is 4. The van der Waals surface area contributed by atoms with Gasteiger partial charge in [-0.25, -0.2) is 14.4 Å². The second-order valence-corrected chi connectivity index (χ2v) is 4.95. The highest BCUT2D eigenvalue weighted by Gasteiger charge is 2.04. The predicted molar refractivity (Wildman–Crippen MR) is 71.0 cm³/mol. The molecule has 2 aromatic rings. The molecule has 94 valence electrons. The lowest BCUT2D eigenvalue weighted by atomic mass is 10.3. The van der Waals surface area contributed by atoms with Gasteiger partial charge in [-0.1, -0.05) is 18.7 Å². The maximum atomic E-state index is 12.8. The van der Waals surface area contributed by atoms with Gasteiger partial charge in [-0.2, -0.15) is 0 Å². The smallest absolute Gasteiger partial charge is 0.132 e. The molecule has 0 bridgehead atoms. The highest BCUT2D eigenvalue weighted by Crippen LogP contribution is 2.27. The van der Waals surface area contributed by atoms with Crippen molar-refractivity contribution in [3.05, 3.63) is 42.0 Å². The van der Waals surface area contributed by atoms with Crippen molar-refractivity contribution in [3.63, 3.8) is 0 Å². The maximum absolute atomic E-state index is 12.8. The Morgan fingerprint density at radius 1 is 1.22 bits per heavy atom. The van der Waals surface area contributed by atoms with E-state index >= 15 is 0 Å². The zero-order chi connectivity index (χ0) is 13.0. The summed E-state index contributed by atoms with van der Waals surface area (Å²) in [6.45, 7) is 2.07. The molecule has 0 unspecified atom stereocenters. The summed E-state index contributed by atoms with van der Waals surface area (Å²) in [7, 11) is 0. The van der Waals surface area contributed by atoms with Gasteiger partial charge in [0.05, 0.1) is 0 Å². The Morgan fingerprint density at radius 2 is 1.94 bits per heavy atom. The lowest BCUT2D eigenvalue weighted by Gasteiger charge is -2.05. The normalized spacial score (nSPS) is 10.6. The molecule has 2 N–H and O–H groups in total. The third kappa shape index (κ3) is 3.43. The van der Waals surface area contributed by atoms with Crippen LogP contribution in [0.5, 0.6) is 0 Å². The Kier molecular flexibility index (Phi) is 4.15. The van der Waals surface area contributed by atoms with Crippen LogP contribution in [0.2, 0.25) is 0 Å². The zero-order valence-electron chi connectivity index (χ0n) is 10.1. The van der Waals surface area contributed by atoms with Crippen LogP contribution >= 0.6 is 11.8 Å². The number of aryl methyl sites for hydroxylation is 1. The molecule has 18 heavy (non-hydrogen) atoms. The first-order valence-electron chi connectivity index (χ1n) is 5.74. The molecule has 0 aliphatic rings. The molecule has 0 atom stereocenters. The molecular formula is C13H14FN3S. The zero-order valence-corrected chi connectivity index (χ0v) is 10.9. The van der Waals surface area contributed by atoms with E-state index in [0.29, 0.717) is 5.82 Å². The summed E-state index contributed by atoms with van der Waals surface area (Å²) in [6, 6.07) is 8.03. The minimum atomic E-state index is -0.242. The van der Waals surface area contributed by atoms with Crippen molar-refractivity contribution in [2.75, 3.05) is 5.73 Å². The average molecular weight is 263 g/mol. The quantitative estimate of drug-likeness (QED) is 0.860. The first-order valence-corrected chi connectivity index (χ1v) is 6.56. The van der Waals surface area contributed by atoms with E-state index in [1.165, 1.54) is 23.9 Å². The monoisotopic (exact) mass is 263 g/mol. The molecule has 5 heteroatoms. The predicted octanol–water partition coefficient (Wildman–Crippen LogP) is 3.30. The molecule has 1 aromatic heterocycles. The largest absolute Gasteiger partial charge is 0.384 e. The van der Waals surface area contributed by atoms with Crippen LogP contribution in [0.1, 0.15) is 19.2 Å². The number of aromatic nitrogens is 2. The fraction of sp³-hybridized carbons (Fsp3) is 0.231. The van der Waals surface area contributed by atoms with Gasteiger partial charge in [0.15, 0.2) is 0 Å². The van der Waals surface area contributed by atoms with Gasteiger partial charge in [0, 0.05) is 17.4 Å². The summed E-state index contributed by atoms with van der Waals surface area (Å²) < 4.78 is 12.8. The number of nitrogens with zero attached hydrogens (tertiary/aromatic N) is 2. The van der Waals surface area contributed by atoms with E-state index in [1.54, 1.807) is 18.2 Å². The first-order chi connectivity index (χ1) is 8.67. The van der Waals surface area contributed by atoms with Crippen LogP contribution < -0.4 is 5.73 Å². The Bertz CT molecular complexity index is 528. The number of hydrogen-bond acceptors (Lipinski definition) is 4. The van der Waals surface area contributed by atoms with Gasteiger partial charge in [0.1, 0.15) is 22.5 Å². The summed E-state index contributed by atoms with van der Waals surface area (Å²) in [5.41, 5.74) is 5.74. The SMILES string of the molecule is CCCc1nc(N)cc(Sc2ccc(F)cc2)n1. The lowest BCUT2D eigenvalue weighted by molar-refractivity contribution is 0.626. The Labute approximate surface area is 110 Å². The second-order valence-electron chi connectivity index (χ2n) is 3.85. The lowest BCUT2D eigenvalue weighted by Crippen LogP contribution is -2.00. The van der Waals surface area contributed by atoms with E-state index in [-0.39, 0.29) is 5.82 Å². The number of anilines is 1. The van der Waals surface area contributed by atoms with E-state index in [1.807, 2.05) is 0 Å². The van der Waals surface area contributed by atoms with Crippen molar-refractivity contribution in [1.29, 1.82) is 0 Å². The van der Waals surface area contributed by atoms with E-state index in [9.17, 15) is 4.39 Å². The van der Waals surface area contributed by atoms with Crippen LogP contribution in [-0.2, 0) is 6.42 Å². The van der Waals surface area contributed by atoms with Crippen LogP contribution in [0.25, 0.3) is 0 Å². The number of nitrogens with two attached hydrogens (primary N) is 1. The molecule has 3 nitrogen and oxygen atoms in total. The Morgan fingerprint density at radius 3 is 2.61 bits per heavy atom. The number of benzene rings is 1. The summed E-state index contributed by atoms with van der Waals surface area (Å²) >= 11 is 1.45. The van der Waals surface area contributed by atoms with Crippen molar-refractivity contribution >= 4 is 17.6 Å². The van der Waals surface area contributed by atoms with Gasteiger partial charge in [0.2, 0.25) is 0 Å². The fourth-order valence-electron chi connectivity index (χ4n) is 1.50. The van der Waals surface area contributed by atoms with Gasteiger partial charge in [-0.05, 0) is 30.7 Å². The van der Waals surface area contributed by atoms with Crippen LogP contribution in [0.15, 0.2) is 40.3 Å². The third-order valence-electron chi connectivity index (χ3n) is 2.28. The van der Waals surface area contributed by atoms with Crippen molar-refractivity contribution in [1.82, 2.24) is 9.97 Å². The summed E-state index contributed by atoms with van der Waals surface area (Å²) in [6.07, 6.45) is 1.78. The van der Waals surface area contributed by atoms with E-state index in [4.69, 9.17) is 5.73 Å². The molecule has 0 fully saturated rings. The van der Waals surface area contributed by atoms with Gasteiger partial charge in [-0.3, -0.25) is 0 Å². The molecular weight excluding hydrogens is 249 g/mol. The minimum absolute atomic E-state index is 0.242. The standard InChI is InChI=1S/C13H14FN3S/c1-2-3-12-16-11(15)8-13(17-12)18-10-6-4-9(14)5-7-10/h4-8H,2-3H2,1H3,(H2,15,16,17). The highest BCUT2D eigenvalue weighted by atomic mass is 32.2. The first kappa shape index (κ1) is 12.8. The fourth-order valence-corrected chi connectivity index (χ4v) is 2.35. The Balaban J connectivity index is 2.20. The van der Waals surface area contributed by atoms with Gasteiger partial charge >= 0.3 is 0 Å². The second kappa shape index (κ2) is 5.82. The van der Waals surface area contributed by atoms with Gasteiger partial charge in [0.25, 0.3) is 0 Å². The summed E-state index contributed by atoms with van der Waals surface area (Å²) in [5, 5.41) is 0.789. The van der Waals surface area contributed by atoms with Gasteiger partial charge in [-0.15, -0.1) is 0 Å². The van der Waals surface area contributed by atoms with E-state index in [0.717, 1.165) is 28.6 Å². The van der Waals surface area contributed by atoms with E-state index < -0.39 is 0 Å². The van der Waals surface area contributed by atoms with Gasteiger partial charge < -0.3 is 5.73 Å².